The summed E-state index contributed by atoms with van der Waals surface area (Å²) in [5.74, 6) is -0.0361. The molecular weight excluding hydrogens is 288 g/mol. The van der Waals surface area contributed by atoms with E-state index in [9.17, 15) is 4.79 Å². The first-order valence-electron chi connectivity index (χ1n) is 7.91. The minimum absolute atomic E-state index is 0.0361. The molecule has 2 aliphatic heterocycles. The highest BCUT2D eigenvalue weighted by atomic mass is 16.6. The van der Waals surface area contributed by atoms with E-state index in [1.54, 1.807) is 0 Å². The zero-order chi connectivity index (χ0) is 15.8. The Labute approximate surface area is 135 Å². The van der Waals surface area contributed by atoms with Crippen molar-refractivity contribution in [3.63, 3.8) is 0 Å². The number of rotatable bonds is 2. The molecule has 4 rings (SSSR count). The molecule has 1 atom stereocenters. The SMILES string of the molecule is Cc1ccc2c(c1)CCN2C(=O)C1=NOC(c2ccccc2)C1. The first-order chi connectivity index (χ1) is 11.2. The third-order valence-corrected chi connectivity index (χ3v) is 4.46. The topological polar surface area (TPSA) is 41.9 Å². The maximum Gasteiger partial charge on any atom is 0.276 e. The fourth-order valence-corrected chi connectivity index (χ4v) is 3.25. The molecule has 0 radical (unpaired) electrons. The summed E-state index contributed by atoms with van der Waals surface area (Å²) in [6, 6.07) is 16.1. The fraction of sp³-hybridized carbons (Fsp3) is 0.263. The van der Waals surface area contributed by atoms with Crippen LogP contribution in [0.3, 0.4) is 0 Å². The van der Waals surface area contributed by atoms with Crippen LogP contribution in [0.2, 0.25) is 0 Å². The van der Waals surface area contributed by atoms with Crippen molar-refractivity contribution < 1.29 is 9.63 Å². The van der Waals surface area contributed by atoms with Crippen LogP contribution in [0.5, 0.6) is 0 Å². The fourth-order valence-electron chi connectivity index (χ4n) is 3.25. The van der Waals surface area contributed by atoms with Gasteiger partial charge in [0.05, 0.1) is 0 Å². The number of fused-ring (bicyclic) bond motifs is 1. The van der Waals surface area contributed by atoms with Crippen molar-refractivity contribution >= 4 is 17.3 Å². The summed E-state index contributed by atoms with van der Waals surface area (Å²) < 4.78 is 0. The van der Waals surface area contributed by atoms with Crippen molar-refractivity contribution in [3.05, 3.63) is 65.2 Å². The Bertz CT molecular complexity index is 783. The summed E-state index contributed by atoms with van der Waals surface area (Å²) in [6.45, 7) is 2.79. The number of carbonyl (C=O) groups excluding carboxylic acids is 1. The summed E-state index contributed by atoms with van der Waals surface area (Å²) in [5, 5.41) is 4.05. The Balaban J connectivity index is 1.51. The second-order valence-corrected chi connectivity index (χ2v) is 6.09. The van der Waals surface area contributed by atoms with Crippen LogP contribution in [0.1, 0.15) is 29.2 Å². The summed E-state index contributed by atoms with van der Waals surface area (Å²) in [6.07, 6.45) is 1.27. The largest absolute Gasteiger partial charge is 0.387 e. The second kappa shape index (κ2) is 5.54. The Morgan fingerprint density at radius 1 is 1.22 bits per heavy atom. The molecule has 2 heterocycles. The third kappa shape index (κ3) is 2.50. The van der Waals surface area contributed by atoms with Gasteiger partial charge in [-0.05, 0) is 30.5 Å². The van der Waals surface area contributed by atoms with Crippen LogP contribution in [0.4, 0.5) is 5.69 Å². The molecule has 2 aromatic rings. The van der Waals surface area contributed by atoms with Gasteiger partial charge >= 0.3 is 0 Å². The number of hydrogen-bond acceptors (Lipinski definition) is 3. The van der Waals surface area contributed by atoms with Gasteiger partial charge in [0.15, 0.2) is 6.10 Å². The van der Waals surface area contributed by atoms with Crippen molar-refractivity contribution in [2.24, 2.45) is 5.16 Å². The number of anilines is 1. The molecule has 1 unspecified atom stereocenters. The predicted molar refractivity (Wildman–Crippen MR) is 89.6 cm³/mol. The van der Waals surface area contributed by atoms with Crippen LogP contribution in [-0.2, 0) is 16.1 Å². The molecule has 0 aliphatic carbocycles. The van der Waals surface area contributed by atoms with E-state index in [2.05, 4.69) is 18.1 Å². The third-order valence-electron chi connectivity index (χ3n) is 4.46. The van der Waals surface area contributed by atoms with Crippen LogP contribution >= 0.6 is 0 Å². The molecule has 0 spiro atoms. The highest BCUT2D eigenvalue weighted by Crippen LogP contribution is 2.32. The molecule has 116 valence electrons. The number of benzene rings is 2. The lowest BCUT2D eigenvalue weighted by Gasteiger charge is -2.16. The van der Waals surface area contributed by atoms with Crippen LogP contribution in [0.15, 0.2) is 53.7 Å². The first-order valence-corrected chi connectivity index (χ1v) is 7.91. The molecule has 0 saturated heterocycles. The molecule has 0 fully saturated rings. The molecule has 0 aromatic heterocycles. The monoisotopic (exact) mass is 306 g/mol. The average Bonchev–Trinajstić information content (AvgIpc) is 3.22. The number of carbonyl (C=O) groups is 1. The van der Waals surface area contributed by atoms with Gasteiger partial charge in [-0.25, -0.2) is 0 Å². The number of oxime groups is 1. The minimum Gasteiger partial charge on any atom is -0.387 e. The zero-order valence-electron chi connectivity index (χ0n) is 13.0. The van der Waals surface area contributed by atoms with Gasteiger partial charge in [-0.3, -0.25) is 4.79 Å². The van der Waals surface area contributed by atoms with Crippen LogP contribution < -0.4 is 4.90 Å². The van der Waals surface area contributed by atoms with Crippen LogP contribution in [-0.4, -0.2) is 18.2 Å². The molecule has 0 saturated carbocycles. The van der Waals surface area contributed by atoms with Crippen molar-refractivity contribution in [3.8, 4) is 0 Å². The van der Waals surface area contributed by atoms with Gasteiger partial charge in [0.2, 0.25) is 0 Å². The Morgan fingerprint density at radius 3 is 2.87 bits per heavy atom. The van der Waals surface area contributed by atoms with Crippen molar-refractivity contribution in [1.29, 1.82) is 0 Å². The molecule has 4 nitrogen and oxygen atoms in total. The maximum atomic E-state index is 12.8. The molecular formula is C19H18N2O2. The molecule has 23 heavy (non-hydrogen) atoms. The highest BCUT2D eigenvalue weighted by Gasteiger charge is 2.33. The lowest BCUT2D eigenvalue weighted by molar-refractivity contribution is -0.112. The van der Waals surface area contributed by atoms with Gasteiger partial charge in [-0.2, -0.15) is 0 Å². The zero-order valence-corrected chi connectivity index (χ0v) is 13.0. The minimum atomic E-state index is -0.157. The standard InChI is InChI=1S/C19H18N2O2/c1-13-7-8-17-15(11-13)9-10-21(17)19(22)16-12-18(23-20-16)14-5-3-2-4-6-14/h2-8,11,18H,9-10,12H2,1H3. The number of nitrogens with zero attached hydrogens (tertiary/aromatic N) is 2. The summed E-state index contributed by atoms with van der Waals surface area (Å²) in [4.78, 5) is 20.1. The Kier molecular flexibility index (Phi) is 3.37. The van der Waals surface area contributed by atoms with Gasteiger partial charge in [-0.1, -0.05) is 53.2 Å². The van der Waals surface area contributed by atoms with Crippen molar-refractivity contribution in [2.75, 3.05) is 11.4 Å². The summed E-state index contributed by atoms with van der Waals surface area (Å²) in [7, 11) is 0. The van der Waals surface area contributed by atoms with E-state index in [1.807, 2.05) is 47.4 Å². The van der Waals surface area contributed by atoms with E-state index < -0.39 is 0 Å². The van der Waals surface area contributed by atoms with E-state index in [0.717, 1.165) is 17.7 Å². The smallest absolute Gasteiger partial charge is 0.276 e. The van der Waals surface area contributed by atoms with E-state index >= 15 is 0 Å². The number of hydrogen-bond donors (Lipinski definition) is 0. The van der Waals surface area contributed by atoms with E-state index in [-0.39, 0.29) is 12.0 Å². The summed E-state index contributed by atoms with van der Waals surface area (Å²) in [5.41, 5.74) is 5.02. The van der Waals surface area contributed by atoms with Gasteiger partial charge < -0.3 is 9.74 Å². The molecule has 0 bridgehead atoms. The van der Waals surface area contributed by atoms with E-state index in [1.165, 1.54) is 11.1 Å². The van der Waals surface area contributed by atoms with Gasteiger partial charge in [0, 0.05) is 18.7 Å². The van der Waals surface area contributed by atoms with Gasteiger partial charge in [-0.15, -0.1) is 0 Å². The normalized spacial score (nSPS) is 19.3. The molecule has 2 aliphatic rings. The van der Waals surface area contributed by atoms with Crippen LogP contribution in [0.25, 0.3) is 0 Å². The van der Waals surface area contributed by atoms with E-state index in [0.29, 0.717) is 18.7 Å². The lowest BCUT2D eigenvalue weighted by atomic mass is 10.0. The van der Waals surface area contributed by atoms with Crippen molar-refractivity contribution in [2.45, 2.75) is 25.9 Å². The van der Waals surface area contributed by atoms with Gasteiger partial charge in [0.1, 0.15) is 5.71 Å². The lowest BCUT2D eigenvalue weighted by Crippen LogP contribution is -2.34. The van der Waals surface area contributed by atoms with Crippen LogP contribution in [0, 0.1) is 6.92 Å². The quantitative estimate of drug-likeness (QED) is 0.853. The summed E-state index contributed by atoms with van der Waals surface area (Å²) >= 11 is 0. The molecule has 1 amide bonds. The van der Waals surface area contributed by atoms with E-state index in [4.69, 9.17) is 4.84 Å². The predicted octanol–water partition coefficient (Wildman–Crippen LogP) is 3.40. The molecule has 0 N–H and O–H groups in total. The molecule has 2 aromatic carbocycles. The highest BCUT2D eigenvalue weighted by molar-refractivity contribution is 6.44. The second-order valence-electron chi connectivity index (χ2n) is 6.09. The van der Waals surface area contributed by atoms with Crippen molar-refractivity contribution in [1.82, 2.24) is 0 Å². The first kappa shape index (κ1) is 14.0. The average molecular weight is 306 g/mol. The number of amides is 1. The van der Waals surface area contributed by atoms with Gasteiger partial charge in [0.25, 0.3) is 5.91 Å². The Hall–Kier alpha value is -2.62. The number of aryl methyl sites for hydroxylation is 1. The molecule has 4 heteroatoms. The maximum absolute atomic E-state index is 12.8. The Morgan fingerprint density at radius 2 is 2.04 bits per heavy atom.